The number of methoxy groups -OCH3 is 1. The number of anilines is 2. The third-order valence-electron chi connectivity index (χ3n) is 4.64. The van der Waals surface area contributed by atoms with Gasteiger partial charge in [0.1, 0.15) is 19.0 Å². The third kappa shape index (κ3) is 3.67. The van der Waals surface area contributed by atoms with E-state index in [1.807, 2.05) is 12.1 Å². The summed E-state index contributed by atoms with van der Waals surface area (Å²) in [6, 6.07) is 12.4. The Labute approximate surface area is 156 Å². The van der Waals surface area contributed by atoms with E-state index in [2.05, 4.69) is 10.6 Å². The zero-order valence-corrected chi connectivity index (χ0v) is 14.9. The molecule has 7 nitrogen and oxygen atoms in total. The molecule has 7 heteroatoms. The van der Waals surface area contributed by atoms with Crippen LogP contribution in [0.25, 0.3) is 0 Å². The van der Waals surface area contributed by atoms with Gasteiger partial charge in [-0.15, -0.1) is 0 Å². The lowest BCUT2D eigenvalue weighted by atomic mass is 10.2. The zero-order valence-electron chi connectivity index (χ0n) is 14.9. The van der Waals surface area contributed by atoms with Gasteiger partial charge >= 0.3 is 0 Å². The number of nitrogens with one attached hydrogen (secondary N) is 2. The molecule has 0 aromatic heterocycles. The van der Waals surface area contributed by atoms with Crippen LogP contribution in [0.3, 0.4) is 0 Å². The first-order valence-electron chi connectivity index (χ1n) is 8.80. The van der Waals surface area contributed by atoms with Gasteiger partial charge in [0.25, 0.3) is 0 Å². The van der Waals surface area contributed by atoms with Crippen LogP contribution < -0.4 is 24.8 Å². The van der Waals surface area contributed by atoms with Crippen molar-refractivity contribution in [1.29, 1.82) is 0 Å². The minimum atomic E-state index is -0.341. The molecule has 2 atom stereocenters. The molecule has 1 heterocycles. The summed E-state index contributed by atoms with van der Waals surface area (Å²) >= 11 is 0. The first kappa shape index (κ1) is 17.2. The lowest BCUT2D eigenvalue weighted by Crippen LogP contribution is -2.21. The molecular formula is C20H20N2O5. The molecule has 0 bridgehead atoms. The Balaban J connectivity index is 1.35. The minimum absolute atomic E-state index is 0.174. The minimum Gasteiger partial charge on any atom is -0.495 e. The highest BCUT2D eigenvalue weighted by molar-refractivity contribution is 6.03. The predicted molar refractivity (Wildman–Crippen MR) is 99.3 cm³/mol. The summed E-state index contributed by atoms with van der Waals surface area (Å²) in [7, 11) is 1.55. The molecule has 0 spiro atoms. The lowest BCUT2D eigenvalue weighted by molar-refractivity contribution is -0.122. The number of benzene rings is 2. The fourth-order valence-corrected chi connectivity index (χ4v) is 3.10. The standard InChI is InChI=1S/C20H20N2O5/c1-25-16-5-3-2-4-15(16)22-20(24)14-11-13(14)19(23)21-12-6-7-17-18(10-12)27-9-8-26-17/h2-7,10,13-14H,8-9,11H2,1H3,(H,21,23)(H,22,24). The number of carbonyl (C=O) groups excluding carboxylic acids is 2. The Morgan fingerprint density at radius 3 is 2.44 bits per heavy atom. The summed E-state index contributed by atoms with van der Waals surface area (Å²) in [6.45, 7) is 1.00. The molecule has 1 aliphatic carbocycles. The first-order valence-corrected chi connectivity index (χ1v) is 8.80. The van der Waals surface area contributed by atoms with Crippen molar-refractivity contribution in [2.45, 2.75) is 6.42 Å². The number of carbonyl (C=O) groups is 2. The van der Waals surface area contributed by atoms with Crippen LogP contribution in [0.15, 0.2) is 42.5 Å². The van der Waals surface area contributed by atoms with Gasteiger partial charge in [0.15, 0.2) is 11.5 Å². The number of para-hydroxylation sites is 2. The predicted octanol–water partition coefficient (Wildman–Crippen LogP) is 2.68. The molecule has 2 aliphatic rings. The fraction of sp³-hybridized carbons (Fsp3) is 0.300. The third-order valence-corrected chi connectivity index (χ3v) is 4.64. The molecule has 1 saturated carbocycles. The van der Waals surface area contributed by atoms with Crippen molar-refractivity contribution >= 4 is 23.2 Å². The van der Waals surface area contributed by atoms with Gasteiger partial charge in [-0.1, -0.05) is 12.1 Å². The van der Waals surface area contributed by atoms with Crippen molar-refractivity contribution in [3.63, 3.8) is 0 Å². The Kier molecular flexibility index (Phi) is 4.58. The lowest BCUT2D eigenvalue weighted by Gasteiger charge is -2.19. The quantitative estimate of drug-likeness (QED) is 0.847. The van der Waals surface area contributed by atoms with Gasteiger partial charge in [-0.2, -0.15) is 0 Å². The molecule has 0 radical (unpaired) electrons. The maximum absolute atomic E-state index is 12.4. The number of hydrogen-bond donors (Lipinski definition) is 2. The van der Waals surface area contributed by atoms with Crippen molar-refractivity contribution in [2.75, 3.05) is 31.0 Å². The largest absolute Gasteiger partial charge is 0.495 e. The highest BCUT2D eigenvalue weighted by Gasteiger charge is 2.48. The van der Waals surface area contributed by atoms with Crippen LogP contribution in [0.1, 0.15) is 6.42 Å². The van der Waals surface area contributed by atoms with Gasteiger partial charge in [-0.25, -0.2) is 0 Å². The second kappa shape index (κ2) is 7.19. The van der Waals surface area contributed by atoms with E-state index in [0.29, 0.717) is 48.3 Å². The van der Waals surface area contributed by atoms with Crippen LogP contribution in [0.2, 0.25) is 0 Å². The summed E-state index contributed by atoms with van der Waals surface area (Å²) in [4.78, 5) is 24.9. The van der Waals surface area contributed by atoms with E-state index in [4.69, 9.17) is 14.2 Å². The van der Waals surface area contributed by atoms with Crippen LogP contribution in [-0.4, -0.2) is 32.1 Å². The van der Waals surface area contributed by atoms with E-state index in [0.717, 1.165) is 0 Å². The summed E-state index contributed by atoms with van der Waals surface area (Å²) in [5.41, 5.74) is 1.22. The fourth-order valence-electron chi connectivity index (χ4n) is 3.10. The van der Waals surface area contributed by atoms with Crippen molar-refractivity contribution in [2.24, 2.45) is 11.8 Å². The molecule has 140 valence electrons. The van der Waals surface area contributed by atoms with E-state index >= 15 is 0 Å². The van der Waals surface area contributed by atoms with Gasteiger partial charge in [0.05, 0.1) is 24.6 Å². The van der Waals surface area contributed by atoms with E-state index in [1.165, 1.54) is 0 Å². The van der Waals surface area contributed by atoms with E-state index in [-0.39, 0.29) is 23.7 Å². The molecule has 2 aromatic carbocycles. The van der Waals surface area contributed by atoms with Gasteiger partial charge in [-0.05, 0) is 30.7 Å². The van der Waals surface area contributed by atoms with Gasteiger partial charge < -0.3 is 24.8 Å². The average Bonchev–Trinajstić information content (AvgIpc) is 3.49. The number of hydrogen-bond acceptors (Lipinski definition) is 5. The highest BCUT2D eigenvalue weighted by Crippen LogP contribution is 2.41. The number of fused-ring (bicyclic) bond motifs is 1. The Bertz CT molecular complexity index is 882. The van der Waals surface area contributed by atoms with Crippen LogP contribution >= 0.6 is 0 Å². The maximum atomic E-state index is 12.4. The second-order valence-corrected chi connectivity index (χ2v) is 6.49. The number of amides is 2. The molecule has 0 saturated heterocycles. The SMILES string of the molecule is COc1ccccc1NC(=O)C1CC1C(=O)Nc1ccc2c(c1)OCCO2. The van der Waals surface area contributed by atoms with Crippen molar-refractivity contribution in [3.8, 4) is 17.2 Å². The smallest absolute Gasteiger partial charge is 0.228 e. The summed E-state index contributed by atoms with van der Waals surface area (Å²) in [6.07, 6.45) is 0.525. The zero-order chi connectivity index (χ0) is 18.8. The molecule has 27 heavy (non-hydrogen) atoms. The highest BCUT2D eigenvalue weighted by atomic mass is 16.6. The number of rotatable bonds is 5. The summed E-state index contributed by atoms with van der Waals surface area (Å²) in [5, 5.41) is 5.68. The second-order valence-electron chi connectivity index (χ2n) is 6.49. The maximum Gasteiger partial charge on any atom is 0.228 e. The van der Waals surface area contributed by atoms with Crippen molar-refractivity contribution < 1.29 is 23.8 Å². The molecule has 2 aromatic rings. The van der Waals surface area contributed by atoms with Gasteiger partial charge in [-0.3, -0.25) is 9.59 Å². The molecule has 2 N–H and O–H groups in total. The average molecular weight is 368 g/mol. The Hall–Kier alpha value is -3.22. The molecule has 4 rings (SSSR count). The monoisotopic (exact) mass is 368 g/mol. The topological polar surface area (TPSA) is 85.9 Å². The van der Waals surface area contributed by atoms with Crippen molar-refractivity contribution in [1.82, 2.24) is 0 Å². The van der Waals surface area contributed by atoms with Crippen molar-refractivity contribution in [3.05, 3.63) is 42.5 Å². The van der Waals surface area contributed by atoms with Crippen LogP contribution in [0.4, 0.5) is 11.4 Å². The van der Waals surface area contributed by atoms with Crippen LogP contribution in [0.5, 0.6) is 17.2 Å². The van der Waals surface area contributed by atoms with E-state index in [9.17, 15) is 9.59 Å². The molecule has 2 amide bonds. The van der Waals surface area contributed by atoms with E-state index < -0.39 is 0 Å². The Morgan fingerprint density at radius 1 is 0.963 bits per heavy atom. The molecule has 1 aliphatic heterocycles. The van der Waals surface area contributed by atoms with Gasteiger partial charge in [0.2, 0.25) is 11.8 Å². The summed E-state index contributed by atoms with van der Waals surface area (Å²) in [5.74, 6) is 0.831. The molecule has 1 fully saturated rings. The first-order chi connectivity index (χ1) is 13.2. The van der Waals surface area contributed by atoms with Crippen LogP contribution in [0, 0.1) is 11.8 Å². The number of ether oxygens (including phenoxy) is 3. The van der Waals surface area contributed by atoms with Gasteiger partial charge in [0, 0.05) is 11.8 Å². The molecule has 2 unspecified atom stereocenters. The van der Waals surface area contributed by atoms with E-state index in [1.54, 1.807) is 37.4 Å². The summed E-state index contributed by atoms with van der Waals surface area (Å²) < 4.78 is 16.2. The Morgan fingerprint density at radius 2 is 1.67 bits per heavy atom. The normalized spacial score (nSPS) is 19.7. The molecular weight excluding hydrogens is 348 g/mol. The van der Waals surface area contributed by atoms with Crippen LogP contribution in [-0.2, 0) is 9.59 Å².